The number of esters is 6. The number of carbonyl (C=O) groups is 12. The molecule has 0 rings (SSSR count). The Morgan fingerprint density at radius 2 is 0.603 bits per heavy atom. The Hall–Kier alpha value is -7.14. The summed E-state index contributed by atoms with van der Waals surface area (Å²) in [5.41, 5.74) is 0. The molecule has 0 amide bonds. The number of carboxylic acids is 6. The van der Waals surface area contributed by atoms with Crippen LogP contribution in [0.15, 0.2) is 36.5 Å². The van der Waals surface area contributed by atoms with E-state index in [1.165, 1.54) is 0 Å². The summed E-state index contributed by atoms with van der Waals surface area (Å²) in [6.07, 6.45) is 7.87. The van der Waals surface area contributed by atoms with Crippen molar-refractivity contribution in [1.29, 1.82) is 0 Å². The molecule has 0 aliphatic carbocycles. The van der Waals surface area contributed by atoms with Crippen molar-refractivity contribution in [3.05, 3.63) is 36.5 Å². The van der Waals surface area contributed by atoms with Crippen molar-refractivity contribution < 1.29 is 117 Å². The number of carboxylic acid groups (broad SMARTS) is 6. The molecule has 0 spiro atoms. The van der Waals surface area contributed by atoms with Gasteiger partial charge in [-0.3, -0.25) is 57.5 Å². The number of carbonyl (C=O) groups excluding carboxylic acids is 6. The molecule has 24 heteroatoms. The second-order valence-electron chi connectivity index (χ2n) is 11.6. The SMILES string of the molecule is CC/C=C\CC(=O)OCC(COC(=O)C/C=C\CC)OC(=O)C/C=C\CC.CCC(=O)O.O=C(O)CC(=O)O.O=C(O)CC(=O)OCC(COC(=O)CC(=O)O)OC(=O)CC(=O)O. The number of aliphatic carboxylic acids is 6. The first kappa shape index (κ1) is 62.5. The topological polar surface area (TPSA) is 382 Å². The van der Waals surface area contributed by atoms with Crippen molar-refractivity contribution in [3.8, 4) is 0 Å². The summed E-state index contributed by atoms with van der Waals surface area (Å²) in [6.45, 7) is 5.77. The molecule has 0 unspecified atom stereocenters. The summed E-state index contributed by atoms with van der Waals surface area (Å²) in [7, 11) is 0. The molecule has 0 atom stereocenters. The van der Waals surface area contributed by atoms with Crippen molar-refractivity contribution >= 4 is 71.6 Å². The van der Waals surface area contributed by atoms with Crippen LogP contribution in [0.5, 0.6) is 0 Å². The average molecular weight is 909 g/mol. The molecule has 63 heavy (non-hydrogen) atoms. The van der Waals surface area contributed by atoms with Gasteiger partial charge in [0.1, 0.15) is 52.1 Å². The Morgan fingerprint density at radius 1 is 0.349 bits per heavy atom. The molecule has 24 nitrogen and oxygen atoms in total. The second kappa shape index (κ2) is 41.6. The zero-order chi connectivity index (χ0) is 49.2. The Balaban J connectivity index is -0.000000439. The first-order chi connectivity index (χ1) is 29.5. The molecule has 0 fully saturated rings. The van der Waals surface area contributed by atoms with Gasteiger partial charge < -0.3 is 59.1 Å². The molecule has 0 aromatic carbocycles. The quantitative estimate of drug-likeness (QED) is 0.0284. The molecule has 356 valence electrons. The molecule has 0 heterocycles. The molecule has 0 aliphatic rings. The zero-order valence-corrected chi connectivity index (χ0v) is 35.3. The maximum Gasteiger partial charge on any atom is 0.317 e. The average Bonchev–Trinajstić information content (AvgIpc) is 3.16. The van der Waals surface area contributed by atoms with Gasteiger partial charge in [0, 0.05) is 6.42 Å². The standard InChI is InChI=1S/C21H32O6.C12H14O12.C3H4O4.C3H6O2/c1-4-7-10-13-19(22)25-16-18(27-21(24)15-12-9-6-3)17-26-20(23)14-11-8-5-2;13-7(14)1-10(19)22-4-6(24-12(21)3-9(17)18)5-23-11(20)2-8(15)16;4-2(5)1-3(6)7;1-2-3(4)5/h7-12,18H,4-6,13-17H2,1-3H3;6H,1-5H2,(H,13,14)(H,15,16)(H,17,18);1H2,(H,4,5)(H,6,7);2H2,1H3,(H,4,5)/b10-7-,11-8-,12-9-;;;. The molecule has 6 N–H and O–H groups in total. The lowest BCUT2D eigenvalue weighted by Crippen LogP contribution is -2.32. The molecular formula is C39H56O24. The van der Waals surface area contributed by atoms with Crippen molar-refractivity contribution in [2.24, 2.45) is 0 Å². The van der Waals surface area contributed by atoms with Crippen LogP contribution in [0, 0.1) is 0 Å². The molecule has 0 saturated carbocycles. The van der Waals surface area contributed by atoms with Gasteiger partial charge in [-0.1, -0.05) is 64.2 Å². The van der Waals surface area contributed by atoms with E-state index in [9.17, 15) is 57.5 Å². The predicted molar refractivity (Wildman–Crippen MR) is 210 cm³/mol. The van der Waals surface area contributed by atoms with Crippen molar-refractivity contribution in [2.45, 2.75) is 111 Å². The Labute approximate surface area is 361 Å². The minimum absolute atomic E-state index is 0.116. The van der Waals surface area contributed by atoms with Gasteiger partial charge in [0.2, 0.25) is 0 Å². The van der Waals surface area contributed by atoms with Gasteiger partial charge in [0.05, 0.1) is 19.3 Å². The van der Waals surface area contributed by atoms with Gasteiger partial charge in [-0.15, -0.1) is 0 Å². The van der Waals surface area contributed by atoms with Crippen LogP contribution in [-0.2, 0) is 86.0 Å². The molecule has 0 aliphatic heterocycles. The third-order valence-corrected chi connectivity index (χ3v) is 5.87. The van der Waals surface area contributed by atoms with Gasteiger partial charge in [0.15, 0.2) is 12.2 Å². The highest BCUT2D eigenvalue weighted by atomic mass is 16.6. The fourth-order valence-corrected chi connectivity index (χ4v) is 3.20. The van der Waals surface area contributed by atoms with E-state index in [1.54, 1.807) is 25.2 Å². The smallest absolute Gasteiger partial charge is 0.317 e. The van der Waals surface area contributed by atoms with Crippen LogP contribution in [0.4, 0.5) is 0 Å². The number of allylic oxidation sites excluding steroid dienone is 3. The summed E-state index contributed by atoms with van der Waals surface area (Å²) in [5, 5.41) is 48.3. The summed E-state index contributed by atoms with van der Waals surface area (Å²) in [5.74, 6) is -12.7. The van der Waals surface area contributed by atoms with E-state index in [4.69, 9.17) is 44.8 Å². The van der Waals surface area contributed by atoms with Crippen LogP contribution < -0.4 is 0 Å². The Morgan fingerprint density at radius 3 is 0.857 bits per heavy atom. The lowest BCUT2D eigenvalue weighted by Gasteiger charge is -2.17. The zero-order valence-electron chi connectivity index (χ0n) is 35.3. The van der Waals surface area contributed by atoms with Crippen LogP contribution in [0.3, 0.4) is 0 Å². The van der Waals surface area contributed by atoms with Gasteiger partial charge in [-0.05, 0) is 19.3 Å². The summed E-state index contributed by atoms with van der Waals surface area (Å²) in [6, 6.07) is 0. The van der Waals surface area contributed by atoms with E-state index < -0.39 is 123 Å². The minimum Gasteiger partial charge on any atom is -0.481 e. The highest BCUT2D eigenvalue weighted by molar-refractivity contribution is 5.91. The van der Waals surface area contributed by atoms with Gasteiger partial charge in [0.25, 0.3) is 0 Å². The van der Waals surface area contributed by atoms with E-state index in [2.05, 4.69) is 14.2 Å². The second-order valence-corrected chi connectivity index (χ2v) is 11.6. The van der Waals surface area contributed by atoms with Crippen LogP contribution >= 0.6 is 0 Å². The maximum atomic E-state index is 11.9. The number of hydrogen-bond donors (Lipinski definition) is 6. The van der Waals surface area contributed by atoms with Gasteiger partial charge >= 0.3 is 71.6 Å². The normalized spacial score (nSPS) is 10.2. The minimum atomic E-state index is -1.50. The molecular weight excluding hydrogens is 852 g/mol. The third kappa shape index (κ3) is 52.8. The first-order valence-electron chi connectivity index (χ1n) is 18.8. The number of hydrogen-bond acceptors (Lipinski definition) is 18. The summed E-state index contributed by atoms with van der Waals surface area (Å²) >= 11 is 0. The van der Waals surface area contributed by atoms with Crippen molar-refractivity contribution in [1.82, 2.24) is 0 Å². The van der Waals surface area contributed by atoms with Crippen LogP contribution in [0.1, 0.15) is 98.3 Å². The van der Waals surface area contributed by atoms with E-state index in [0.29, 0.717) is 0 Å². The molecule has 0 radical (unpaired) electrons. The summed E-state index contributed by atoms with van der Waals surface area (Å²) in [4.78, 5) is 128. The first-order valence-corrected chi connectivity index (χ1v) is 18.8. The van der Waals surface area contributed by atoms with E-state index in [-0.39, 0.29) is 38.9 Å². The maximum absolute atomic E-state index is 11.9. The largest absolute Gasteiger partial charge is 0.481 e. The van der Waals surface area contributed by atoms with Gasteiger partial charge in [-0.2, -0.15) is 0 Å². The number of rotatable bonds is 28. The fourth-order valence-electron chi connectivity index (χ4n) is 3.20. The van der Waals surface area contributed by atoms with Crippen molar-refractivity contribution in [3.63, 3.8) is 0 Å². The van der Waals surface area contributed by atoms with E-state index in [1.807, 2.05) is 39.0 Å². The third-order valence-electron chi connectivity index (χ3n) is 5.87. The van der Waals surface area contributed by atoms with E-state index in [0.717, 1.165) is 19.3 Å². The van der Waals surface area contributed by atoms with E-state index >= 15 is 0 Å². The van der Waals surface area contributed by atoms with Crippen molar-refractivity contribution in [2.75, 3.05) is 26.4 Å². The lowest BCUT2D eigenvalue weighted by atomic mass is 10.3. The lowest BCUT2D eigenvalue weighted by molar-refractivity contribution is -0.170. The Kier molecular flexibility index (Phi) is 41.3. The Bertz CT molecular complexity index is 1480. The fraction of sp³-hybridized carbons (Fsp3) is 0.538. The van der Waals surface area contributed by atoms with Crippen LogP contribution in [0.25, 0.3) is 0 Å². The molecule has 0 bridgehead atoms. The molecule has 0 aromatic heterocycles. The number of ether oxygens (including phenoxy) is 6. The van der Waals surface area contributed by atoms with Gasteiger partial charge in [-0.25, -0.2) is 0 Å². The molecule has 0 aromatic rings. The highest BCUT2D eigenvalue weighted by Gasteiger charge is 2.22. The molecule has 0 saturated heterocycles. The monoisotopic (exact) mass is 908 g/mol. The predicted octanol–water partition coefficient (Wildman–Crippen LogP) is 2.49. The summed E-state index contributed by atoms with van der Waals surface area (Å²) < 4.78 is 29.1. The highest BCUT2D eigenvalue weighted by Crippen LogP contribution is 2.04. The van der Waals surface area contributed by atoms with Crippen LogP contribution in [-0.4, -0.2) is 141 Å². The van der Waals surface area contributed by atoms with Crippen LogP contribution in [0.2, 0.25) is 0 Å².